The fraction of sp³-hybridized carbons (Fsp3) is 0.182. The lowest BCUT2D eigenvalue weighted by atomic mass is 9.95. The maximum atomic E-state index is 14.2. The summed E-state index contributed by atoms with van der Waals surface area (Å²) in [6.45, 7) is 6.26. The molecule has 1 aromatic heterocycles. The Kier molecular flexibility index (Phi) is 6.82. The van der Waals surface area contributed by atoms with Gasteiger partial charge < -0.3 is 9.47 Å². The molecule has 0 N–H and O–H groups in total. The molecule has 0 unspecified atom stereocenters. The minimum atomic E-state index is -0.669. The zero-order chi connectivity index (χ0) is 27.8. The minimum absolute atomic E-state index is 0.200. The van der Waals surface area contributed by atoms with Crippen LogP contribution < -0.4 is 19.6 Å². The van der Waals surface area contributed by atoms with Crippen molar-refractivity contribution in [1.82, 2.24) is 4.57 Å². The van der Waals surface area contributed by atoms with Crippen LogP contribution in [0.15, 0.2) is 99.9 Å². The molecule has 5 aromatic rings. The maximum absolute atomic E-state index is 14.2. The molecule has 0 amide bonds. The summed E-state index contributed by atoms with van der Waals surface area (Å²) in [5.41, 5.74) is 2.47. The highest BCUT2D eigenvalue weighted by atomic mass is 32.1. The average molecular weight is 549 g/mol. The zero-order valence-corrected chi connectivity index (χ0v) is 23.3. The molecule has 0 saturated heterocycles. The monoisotopic (exact) mass is 548 g/mol. The van der Waals surface area contributed by atoms with Gasteiger partial charge in [0.15, 0.2) is 4.80 Å². The number of ether oxygens (including phenoxy) is 2. The summed E-state index contributed by atoms with van der Waals surface area (Å²) in [6, 6.07) is 25.4. The van der Waals surface area contributed by atoms with Crippen LogP contribution in [0.3, 0.4) is 0 Å². The smallest absolute Gasteiger partial charge is 0.338 e. The number of benzene rings is 4. The van der Waals surface area contributed by atoms with Gasteiger partial charge in [-0.2, -0.15) is 0 Å². The predicted molar refractivity (Wildman–Crippen MR) is 159 cm³/mol. The number of hydrogen-bond donors (Lipinski definition) is 0. The third-order valence-electron chi connectivity index (χ3n) is 7.11. The van der Waals surface area contributed by atoms with Crippen molar-refractivity contribution in [1.29, 1.82) is 0 Å². The standard InChI is InChI=1S/C33H28N2O4S/c1-4-38-24-16-14-21(15-17-24)30-29(32(37)39-5-2)20(3)34-33-35(30)31(36)28(40-33)19-27-25-12-8-6-10-22(25)18-23-11-7-9-13-26(23)27/h6-19,30H,4-5H2,1-3H3/b28-19-/t30-/m1/s1. The fourth-order valence-corrected chi connectivity index (χ4v) is 6.38. The molecule has 1 aliphatic heterocycles. The van der Waals surface area contributed by atoms with Crippen molar-refractivity contribution >= 4 is 44.9 Å². The minimum Gasteiger partial charge on any atom is -0.494 e. The molecule has 0 spiro atoms. The highest BCUT2D eigenvalue weighted by Crippen LogP contribution is 2.32. The number of carbonyl (C=O) groups excluding carboxylic acids is 1. The van der Waals surface area contributed by atoms with Gasteiger partial charge in [-0.25, -0.2) is 9.79 Å². The molecule has 6 nitrogen and oxygen atoms in total. The quantitative estimate of drug-likeness (QED) is 0.208. The summed E-state index contributed by atoms with van der Waals surface area (Å²) in [7, 11) is 0. The highest BCUT2D eigenvalue weighted by Gasteiger charge is 2.33. The van der Waals surface area contributed by atoms with Crippen LogP contribution in [-0.2, 0) is 9.53 Å². The number of aromatic nitrogens is 1. The summed E-state index contributed by atoms with van der Waals surface area (Å²) in [5, 5.41) is 4.35. The number of carbonyl (C=O) groups is 1. The average Bonchev–Trinajstić information content (AvgIpc) is 3.27. The van der Waals surface area contributed by atoms with E-state index < -0.39 is 12.0 Å². The van der Waals surface area contributed by atoms with Gasteiger partial charge in [0.05, 0.1) is 35.1 Å². The Balaban J connectivity index is 1.60. The molecule has 4 aromatic carbocycles. The Hall–Kier alpha value is -4.49. The first-order chi connectivity index (χ1) is 19.5. The second-order valence-corrected chi connectivity index (χ2v) is 10.5. The first kappa shape index (κ1) is 25.8. The summed E-state index contributed by atoms with van der Waals surface area (Å²) in [6.07, 6.45) is 1.97. The van der Waals surface area contributed by atoms with Gasteiger partial charge in [-0.1, -0.05) is 72.0 Å². The van der Waals surface area contributed by atoms with Crippen molar-refractivity contribution in [2.75, 3.05) is 13.2 Å². The first-order valence-electron chi connectivity index (χ1n) is 13.3. The normalized spacial score (nSPS) is 15.3. The molecule has 1 atom stereocenters. The molecular formula is C33H28N2O4S. The lowest BCUT2D eigenvalue weighted by Crippen LogP contribution is -2.39. The fourth-order valence-electron chi connectivity index (χ4n) is 5.36. The lowest BCUT2D eigenvalue weighted by molar-refractivity contribution is -0.139. The van der Waals surface area contributed by atoms with Gasteiger partial charge in [-0.15, -0.1) is 0 Å². The number of esters is 1. The van der Waals surface area contributed by atoms with Gasteiger partial charge in [-0.3, -0.25) is 9.36 Å². The summed E-state index contributed by atoms with van der Waals surface area (Å²) in [4.78, 5) is 32.6. The van der Waals surface area contributed by atoms with Crippen LogP contribution in [0.5, 0.6) is 5.75 Å². The molecule has 0 saturated carbocycles. The van der Waals surface area contributed by atoms with Crippen LogP contribution in [0.4, 0.5) is 0 Å². The summed E-state index contributed by atoms with van der Waals surface area (Å²) >= 11 is 1.33. The Labute approximate surface area is 235 Å². The van der Waals surface area contributed by atoms with E-state index in [1.54, 1.807) is 18.4 Å². The summed E-state index contributed by atoms with van der Waals surface area (Å²) < 4.78 is 13.2. The van der Waals surface area contributed by atoms with Gasteiger partial charge in [0.25, 0.3) is 5.56 Å². The molecule has 6 rings (SSSR count). The molecule has 200 valence electrons. The third-order valence-corrected chi connectivity index (χ3v) is 8.10. The SMILES string of the molecule is CCOC(=O)C1=C(C)N=c2s/c(=C\c3c4ccccc4cc4ccccc34)c(=O)n2[C@@H]1c1ccc(OCC)cc1. The largest absolute Gasteiger partial charge is 0.494 e. The number of thiazole rings is 1. The van der Waals surface area contributed by atoms with Crippen molar-refractivity contribution in [3.8, 4) is 5.75 Å². The second kappa shape index (κ2) is 10.6. The number of fused-ring (bicyclic) bond motifs is 3. The maximum Gasteiger partial charge on any atom is 0.338 e. The molecular weight excluding hydrogens is 520 g/mol. The van der Waals surface area contributed by atoms with E-state index >= 15 is 0 Å². The van der Waals surface area contributed by atoms with Crippen LogP contribution in [0.25, 0.3) is 27.6 Å². The van der Waals surface area contributed by atoms with E-state index in [-0.39, 0.29) is 12.2 Å². The van der Waals surface area contributed by atoms with Crippen molar-refractivity contribution in [3.05, 3.63) is 121 Å². The van der Waals surface area contributed by atoms with Crippen LogP contribution in [0, 0.1) is 0 Å². The predicted octanol–water partition coefficient (Wildman–Crippen LogP) is 5.50. The molecule has 2 heterocycles. The Bertz CT molecular complexity index is 1930. The van der Waals surface area contributed by atoms with E-state index in [1.165, 1.54) is 11.3 Å². The van der Waals surface area contributed by atoms with E-state index in [0.717, 1.165) is 38.4 Å². The van der Waals surface area contributed by atoms with Crippen LogP contribution in [0.2, 0.25) is 0 Å². The Morgan fingerprint density at radius 1 is 0.950 bits per heavy atom. The van der Waals surface area contributed by atoms with Gasteiger partial charge in [0, 0.05) is 0 Å². The van der Waals surface area contributed by atoms with Crippen molar-refractivity contribution in [3.63, 3.8) is 0 Å². The van der Waals surface area contributed by atoms with Gasteiger partial charge in [0.2, 0.25) is 0 Å². The van der Waals surface area contributed by atoms with Crippen LogP contribution in [0.1, 0.15) is 37.9 Å². The molecule has 0 radical (unpaired) electrons. The number of hydrogen-bond acceptors (Lipinski definition) is 6. The van der Waals surface area contributed by atoms with Gasteiger partial charge in [-0.05, 0) is 77.7 Å². The molecule has 0 bridgehead atoms. The number of allylic oxidation sites excluding steroid dienone is 1. The van der Waals surface area contributed by atoms with Gasteiger partial charge >= 0.3 is 5.97 Å². The highest BCUT2D eigenvalue weighted by molar-refractivity contribution is 7.07. The number of rotatable bonds is 6. The van der Waals surface area contributed by atoms with E-state index in [9.17, 15) is 9.59 Å². The van der Waals surface area contributed by atoms with Crippen LogP contribution >= 0.6 is 11.3 Å². The summed E-state index contributed by atoms with van der Waals surface area (Å²) in [5.74, 6) is 0.247. The topological polar surface area (TPSA) is 69.9 Å². The zero-order valence-electron chi connectivity index (χ0n) is 22.5. The van der Waals surface area contributed by atoms with Gasteiger partial charge in [0.1, 0.15) is 5.75 Å². The first-order valence-corrected chi connectivity index (χ1v) is 14.1. The molecule has 1 aliphatic rings. The van der Waals surface area contributed by atoms with Crippen molar-refractivity contribution in [2.24, 2.45) is 4.99 Å². The molecule has 0 fully saturated rings. The lowest BCUT2D eigenvalue weighted by Gasteiger charge is -2.24. The van der Waals surface area contributed by atoms with E-state index in [2.05, 4.69) is 30.3 Å². The van der Waals surface area contributed by atoms with Crippen molar-refractivity contribution in [2.45, 2.75) is 26.8 Å². The van der Waals surface area contributed by atoms with E-state index in [4.69, 9.17) is 14.5 Å². The Morgan fingerprint density at radius 2 is 1.60 bits per heavy atom. The van der Waals surface area contributed by atoms with Crippen molar-refractivity contribution < 1.29 is 14.3 Å². The van der Waals surface area contributed by atoms with Crippen LogP contribution in [-0.4, -0.2) is 23.8 Å². The Morgan fingerprint density at radius 3 is 2.23 bits per heavy atom. The molecule has 40 heavy (non-hydrogen) atoms. The molecule has 0 aliphatic carbocycles. The third kappa shape index (κ3) is 4.42. The molecule has 7 heteroatoms. The van der Waals surface area contributed by atoms with E-state index in [1.807, 2.05) is 61.5 Å². The number of nitrogens with zero attached hydrogens (tertiary/aromatic N) is 2. The van der Waals surface area contributed by atoms with E-state index in [0.29, 0.717) is 27.2 Å². The second-order valence-electron chi connectivity index (χ2n) is 9.54.